The first-order valence-electron chi connectivity index (χ1n) is 10.5. The van der Waals surface area contributed by atoms with Crippen molar-refractivity contribution in [3.63, 3.8) is 0 Å². The molecule has 4 aromatic rings. The third-order valence-electron chi connectivity index (χ3n) is 4.96. The number of aromatic nitrogens is 2. The van der Waals surface area contributed by atoms with E-state index in [2.05, 4.69) is 10.1 Å². The number of carbonyl (C=O) groups excluding carboxylic acids is 1. The Kier molecular flexibility index (Phi) is 6.31. The number of para-hydroxylation sites is 1. The van der Waals surface area contributed by atoms with E-state index in [1.54, 1.807) is 67.7 Å². The lowest BCUT2D eigenvalue weighted by molar-refractivity contribution is 0.0728. The number of rotatable bonds is 6. The summed E-state index contributed by atoms with van der Waals surface area (Å²) in [7, 11) is 0. The van der Waals surface area contributed by atoms with Gasteiger partial charge in [0.25, 0.3) is 5.56 Å². The smallest absolute Gasteiger partial charge is 0.343 e. The van der Waals surface area contributed by atoms with Crippen LogP contribution in [0, 0.1) is 13.8 Å². The average molecular weight is 441 g/mol. The van der Waals surface area contributed by atoms with Gasteiger partial charge in [0.2, 0.25) is 0 Å². The van der Waals surface area contributed by atoms with Crippen LogP contribution in [0.1, 0.15) is 34.2 Å². The lowest BCUT2D eigenvalue weighted by atomic mass is 10.1. The van der Waals surface area contributed by atoms with E-state index in [1.165, 1.54) is 4.68 Å². The number of hydrogen-bond acceptors (Lipinski definition) is 6. The molecule has 0 atom stereocenters. The van der Waals surface area contributed by atoms with E-state index in [-0.39, 0.29) is 5.56 Å². The molecule has 166 valence electrons. The van der Waals surface area contributed by atoms with Gasteiger partial charge in [-0.05, 0) is 68.8 Å². The Morgan fingerprint density at radius 2 is 1.85 bits per heavy atom. The van der Waals surface area contributed by atoms with Crippen LogP contribution in [0.25, 0.3) is 10.9 Å². The highest BCUT2D eigenvalue weighted by Gasteiger charge is 2.13. The minimum Gasteiger partial charge on any atom is -0.490 e. The zero-order valence-corrected chi connectivity index (χ0v) is 18.6. The SMILES string of the molecule is CCOc1cc(C=Nn2c(C)nc3ccccc3c2=O)ccc1OC(=O)c1cccc(C)c1. The number of fused-ring (bicyclic) bond motifs is 1. The van der Waals surface area contributed by atoms with Crippen molar-refractivity contribution in [3.8, 4) is 11.5 Å². The first-order valence-corrected chi connectivity index (χ1v) is 10.5. The maximum atomic E-state index is 12.8. The molecule has 0 saturated carbocycles. The number of aryl methyl sites for hydroxylation is 2. The number of esters is 1. The standard InChI is InChI=1S/C26H23N3O4/c1-4-32-24-15-19(12-13-23(24)33-26(31)20-9-7-8-17(2)14-20)16-27-29-18(3)28-22-11-6-5-10-21(22)25(29)30/h5-16H,4H2,1-3H3. The molecule has 0 aliphatic carbocycles. The van der Waals surface area contributed by atoms with E-state index in [4.69, 9.17) is 9.47 Å². The molecule has 4 rings (SSSR count). The Bertz CT molecular complexity index is 1420. The van der Waals surface area contributed by atoms with Crippen LogP contribution >= 0.6 is 0 Å². The maximum absolute atomic E-state index is 12.8. The normalized spacial score (nSPS) is 11.1. The van der Waals surface area contributed by atoms with E-state index in [9.17, 15) is 9.59 Å². The Labute approximate surface area is 190 Å². The molecule has 0 aliphatic heterocycles. The van der Waals surface area contributed by atoms with Gasteiger partial charge < -0.3 is 9.47 Å². The van der Waals surface area contributed by atoms with Crippen LogP contribution in [0.3, 0.4) is 0 Å². The van der Waals surface area contributed by atoms with Gasteiger partial charge >= 0.3 is 5.97 Å². The van der Waals surface area contributed by atoms with Crippen LogP contribution in [0.2, 0.25) is 0 Å². The molecule has 3 aromatic carbocycles. The fourth-order valence-corrected chi connectivity index (χ4v) is 3.38. The molecule has 33 heavy (non-hydrogen) atoms. The number of carbonyl (C=O) groups is 1. The molecule has 0 spiro atoms. The second kappa shape index (κ2) is 9.48. The van der Waals surface area contributed by atoms with Crippen LogP contribution in [0.4, 0.5) is 0 Å². The molecule has 0 aliphatic rings. The van der Waals surface area contributed by atoms with Gasteiger partial charge in [0.1, 0.15) is 5.82 Å². The van der Waals surface area contributed by atoms with Crippen LogP contribution in [0.15, 0.2) is 76.6 Å². The van der Waals surface area contributed by atoms with Gasteiger partial charge in [-0.1, -0.05) is 29.8 Å². The summed E-state index contributed by atoms with van der Waals surface area (Å²) in [5.74, 6) is 0.721. The van der Waals surface area contributed by atoms with Gasteiger partial charge in [0.05, 0.1) is 29.3 Å². The quantitative estimate of drug-likeness (QED) is 0.250. The average Bonchev–Trinajstić information content (AvgIpc) is 2.80. The third-order valence-corrected chi connectivity index (χ3v) is 4.96. The minimum absolute atomic E-state index is 0.247. The Morgan fingerprint density at radius 1 is 1.03 bits per heavy atom. The van der Waals surface area contributed by atoms with Crippen molar-refractivity contribution in [2.24, 2.45) is 5.10 Å². The molecule has 0 amide bonds. The first kappa shape index (κ1) is 22.0. The summed E-state index contributed by atoms with van der Waals surface area (Å²) in [4.78, 5) is 29.8. The lowest BCUT2D eigenvalue weighted by Gasteiger charge is -2.11. The predicted octanol–water partition coefficient (Wildman–Crippen LogP) is 4.51. The van der Waals surface area contributed by atoms with Crippen LogP contribution in [0.5, 0.6) is 11.5 Å². The lowest BCUT2D eigenvalue weighted by Crippen LogP contribution is -2.20. The van der Waals surface area contributed by atoms with E-state index >= 15 is 0 Å². The van der Waals surface area contributed by atoms with E-state index < -0.39 is 5.97 Å². The highest BCUT2D eigenvalue weighted by atomic mass is 16.6. The second-order valence-corrected chi connectivity index (χ2v) is 7.44. The number of nitrogens with zero attached hydrogens (tertiary/aromatic N) is 3. The van der Waals surface area contributed by atoms with E-state index in [1.807, 2.05) is 26.0 Å². The Morgan fingerprint density at radius 3 is 2.64 bits per heavy atom. The van der Waals surface area contributed by atoms with Crippen molar-refractivity contribution in [1.29, 1.82) is 0 Å². The molecule has 1 aromatic heterocycles. The topological polar surface area (TPSA) is 82.8 Å². The summed E-state index contributed by atoms with van der Waals surface area (Å²) in [5.41, 5.74) is 2.48. The van der Waals surface area contributed by atoms with Gasteiger partial charge in [0.15, 0.2) is 11.5 Å². The van der Waals surface area contributed by atoms with Gasteiger partial charge in [-0.3, -0.25) is 4.79 Å². The summed E-state index contributed by atoms with van der Waals surface area (Å²) in [6, 6.07) is 19.4. The van der Waals surface area contributed by atoms with Crippen LogP contribution < -0.4 is 15.0 Å². The minimum atomic E-state index is -0.467. The van der Waals surface area contributed by atoms with Gasteiger partial charge in [0, 0.05) is 0 Å². The molecular weight excluding hydrogens is 418 g/mol. The zero-order valence-electron chi connectivity index (χ0n) is 18.6. The Balaban J connectivity index is 1.63. The molecule has 0 unspecified atom stereocenters. The van der Waals surface area contributed by atoms with Crippen molar-refractivity contribution < 1.29 is 14.3 Å². The summed E-state index contributed by atoms with van der Waals surface area (Å²) >= 11 is 0. The number of hydrogen-bond donors (Lipinski definition) is 0. The second-order valence-electron chi connectivity index (χ2n) is 7.44. The highest BCUT2D eigenvalue weighted by Crippen LogP contribution is 2.29. The predicted molar refractivity (Wildman–Crippen MR) is 127 cm³/mol. The molecule has 0 fully saturated rings. The molecule has 7 nitrogen and oxygen atoms in total. The number of ether oxygens (including phenoxy) is 2. The molecule has 1 heterocycles. The molecule has 0 radical (unpaired) electrons. The fourth-order valence-electron chi connectivity index (χ4n) is 3.38. The van der Waals surface area contributed by atoms with E-state index in [0.29, 0.717) is 46.0 Å². The van der Waals surface area contributed by atoms with Crippen molar-refractivity contribution >= 4 is 23.1 Å². The molecule has 0 N–H and O–H groups in total. The summed E-state index contributed by atoms with van der Waals surface area (Å²) in [5, 5.41) is 4.82. The first-order chi connectivity index (χ1) is 16.0. The zero-order chi connectivity index (χ0) is 23.4. The largest absolute Gasteiger partial charge is 0.490 e. The van der Waals surface area contributed by atoms with Crippen molar-refractivity contribution in [1.82, 2.24) is 9.66 Å². The summed E-state index contributed by atoms with van der Waals surface area (Å²) < 4.78 is 12.5. The molecular formula is C26H23N3O4. The monoisotopic (exact) mass is 441 g/mol. The van der Waals surface area contributed by atoms with Crippen molar-refractivity contribution in [2.45, 2.75) is 20.8 Å². The fraction of sp³-hybridized carbons (Fsp3) is 0.154. The number of benzene rings is 3. The van der Waals surface area contributed by atoms with Gasteiger partial charge in [-0.15, -0.1) is 0 Å². The molecule has 0 saturated heterocycles. The van der Waals surface area contributed by atoms with E-state index in [0.717, 1.165) is 5.56 Å². The van der Waals surface area contributed by atoms with Crippen molar-refractivity contribution in [2.75, 3.05) is 6.61 Å². The van der Waals surface area contributed by atoms with Gasteiger partial charge in [-0.2, -0.15) is 9.78 Å². The van der Waals surface area contributed by atoms with Crippen molar-refractivity contribution in [3.05, 3.63) is 99.6 Å². The Hall–Kier alpha value is -4.26. The molecule has 0 bridgehead atoms. The summed E-state index contributed by atoms with van der Waals surface area (Å²) in [6.45, 7) is 5.87. The van der Waals surface area contributed by atoms with Crippen LogP contribution in [-0.4, -0.2) is 28.5 Å². The highest BCUT2D eigenvalue weighted by molar-refractivity contribution is 5.92. The maximum Gasteiger partial charge on any atom is 0.343 e. The van der Waals surface area contributed by atoms with Gasteiger partial charge in [-0.25, -0.2) is 9.78 Å². The summed E-state index contributed by atoms with van der Waals surface area (Å²) in [6.07, 6.45) is 1.54. The third kappa shape index (κ3) is 4.82. The van der Waals surface area contributed by atoms with Crippen LogP contribution in [-0.2, 0) is 0 Å². The molecule has 7 heteroatoms.